The van der Waals surface area contributed by atoms with Crippen LogP contribution in [0.3, 0.4) is 0 Å². The summed E-state index contributed by atoms with van der Waals surface area (Å²) in [5.74, 6) is 0. The van der Waals surface area contributed by atoms with E-state index in [0.29, 0.717) is 10.7 Å². The third-order valence-corrected chi connectivity index (χ3v) is 3.04. The van der Waals surface area contributed by atoms with Crippen molar-refractivity contribution < 1.29 is 5.11 Å². The average Bonchev–Trinajstić information content (AvgIpc) is 1.58. The maximum absolute atomic E-state index is 9.01. The van der Waals surface area contributed by atoms with Crippen molar-refractivity contribution in [3.8, 4) is 0 Å². The molecule has 1 spiro atoms. The van der Waals surface area contributed by atoms with Gasteiger partial charge in [-0.15, -0.1) is 0 Å². The van der Waals surface area contributed by atoms with E-state index in [1.54, 1.807) is 0 Å². The number of rotatable bonds is 0. The van der Waals surface area contributed by atoms with Gasteiger partial charge in [0.1, 0.15) is 0 Å². The Hall–Kier alpha value is 0.310. The molecule has 1 N–H and O–H groups in total. The Labute approximate surface area is 60.9 Å². The van der Waals surface area contributed by atoms with Crippen molar-refractivity contribution in [1.82, 2.24) is 0 Å². The van der Waals surface area contributed by atoms with Crippen molar-refractivity contribution in [2.24, 2.45) is 5.41 Å². The molecule has 2 saturated carbocycles. The molecule has 0 bridgehead atoms. The van der Waals surface area contributed by atoms with Gasteiger partial charge < -0.3 is 5.11 Å². The van der Waals surface area contributed by atoms with Crippen LogP contribution in [-0.2, 0) is 0 Å². The van der Waals surface area contributed by atoms with E-state index in [2.05, 4.69) is 12.6 Å². The topological polar surface area (TPSA) is 20.2 Å². The van der Waals surface area contributed by atoms with E-state index in [0.717, 1.165) is 12.8 Å². The molecule has 0 saturated heterocycles. The van der Waals surface area contributed by atoms with Crippen molar-refractivity contribution in [3.63, 3.8) is 0 Å². The lowest BCUT2D eigenvalue weighted by atomic mass is 9.55. The fourth-order valence-corrected chi connectivity index (χ4v) is 2.99. The van der Waals surface area contributed by atoms with Gasteiger partial charge in [0.15, 0.2) is 0 Å². The Bertz CT molecular complexity index is 103. The normalized spacial score (nSPS) is 56.7. The van der Waals surface area contributed by atoms with Gasteiger partial charge in [-0.2, -0.15) is 12.6 Å². The van der Waals surface area contributed by atoms with E-state index in [1.165, 1.54) is 12.8 Å². The predicted octanol–water partition coefficient (Wildman–Crippen LogP) is 1.22. The molecule has 2 rings (SSSR count). The van der Waals surface area contributed by atoms with E-state index in [9.17, 15) is 0 Å². The van der Waals surface area contributed by atoms with Gasteiger partial charge in [0.2, 0.25) is 0 Å². The summed E-state index contributed by atoms with van der Waals surface area (Å²) in [5, 5.41) is 9.65. The monoisotopic (exact) mass is 144 g/mol. The molecule has 1 nitrogen and oxygen atoms in total. The lowest BCUT2D eigenvalue weighted by molar-refractivity contribution is -0.0771. The summed E-state index contributed by atoms with van der Waals surface area (Å²) in [7, 11) is 0. The second-order valence-electron chi connectivity index (χ2n) is 3.62. The third-order valence-electron chi connectivity index (χ3n) is 2.67. The van der Waals surface area contributed by atoms with E-state index in [1.807, 2.05) is 0 Å². The van der Waals surface area contributed by atoms with E-state index >= 15 is 0 Å². The van der Waals surface area contributed by atoms with E-state index in [4.69, 9.17) is 5.11 Å². The zero-order valence-corrected chi connectivity index (χ0v) is 6.27. The molecule has 9 heavy (non-hydrogen) atoms. The molecule has 2 aliphatic rings. The second-order valence-corrected chi connectivity index (χ2v) is 4.35. The molecule has 0 unspecified atom stereocenters. The minimum Gasteiger partial charge on any atom is -0.393 e. The molecule has 0 aromatic carbocycles. The molecular weight excluding hydrogens is 132 g/mol. The molecular formula is C7H12OS. The van der Waals surface area contributed by atoms with Crippen LogP contribution in [-0.4, -0.2) is 16.5 Å². The molecule has 0 aliphatic heterocycles. The van der Waals surface area contributed by atoms with Crippen molar-refractivity contribution in [1.29, 1.82) is 0 Å². The van der Waals surface area contributed by atoms with Gasteiger partial charge in [0.05, 0.1) is 6.10 Å². The summed E-state index contributed by atoms with van der Waals surface area (Å²) in [6.07, 6.45) is 4.60. The predicted molar refractivity (Wildman–Crippen MR) is 39.7 cm³/mol. The first kappa shape index (κ1) is 6.05. The van der Waals surface area contributed by atoms with Gasteiger partial charge in [-0.1, -0.05) is 0 Å². The van der Waals surface area contributed by atoms with Gasteiger partial charge >= 0.3 is 0 Å². The van der Waals surface area contributed by atoms with Crippen molar-refractivity contribution in [2.45, 2.75) is 37.0 Å². The maximum atomic E-state index is 9.01. The van der Waals surface area contributed by atoms with E-state index < -0.39 is 0 Å². The first-order valence-electron chi connectivity index (χ1n) is 3.56. The van der Waals surface area contributed by atoms with Crippen LogP contribution in [0.1, 0.15) is 25.7 Å². The van der Waals surface area contributed by atoms with E-state index in [-0.39, 0.29) is 6.10 Å². The van der Waals surface area contributed by atoms with Crippen LogP contribution in [0.25, 0.3) is 0 Å². The Morgan fingerprint density at radius 3 is 2.11 bits per heavy atom. The summed E-state index contributed by atoms with van der Waals surface area (Å²) >= 11 is 4.33. The van der Waals surface area contributed by atoms with Crippen LogP contribution >= 0.6 is 12.6 Å². The van der Waals surface area contributed by atoms with Gasteiger partial charge in [0.25, 0.3) is 0 Å². The standard InChI is InChI=1S/C7H12OS/c8-5-1-7(2-5)3-6(9)4-7/h5-6,8-9H,1-4H2. The van der Waals surface area contributed by atoms with Gasteiger partial charge in [-0.3, -0.25) is 0 Å². The Morgan fingerprint density at radius 1 is 1.22 bits per heavy atom. The highest BCUT2D eigenvalue weighted by Gasteiger charge is 2.51. The molecule has 52 valence electrons. The van der Waals surface area contributed by atoms with Crippen molar-refractivity contribution >= 4 is 12.6 Å². The Balaban J connectivity index is 1.87. The highest BCUT2D eigenvalue weighted by Crippen LogP contribution is 2.57. The van der Waals surface area contributed by atoms with Gasteiger partial charge in [-0.25, -0.2) is 0 Å². The van der Waals surface area contributed by atoms with Crippen LogP contribution in [0.2, 0.25) is 0 Å². The highest BCUT2D eigenvalue weighted by atomic mass is 32.1. The minimum atomic E-state index is 0.0193. The lowest BCUT2D eigenvalue weighted by Gasteiger charge is -2.55. The summed E-state index contributed by atoms with van der Waals surface area (Å²) in [6.45, 7) is 0. The molecule has 0 amide bonds. The molecule has 0 heterocycles. The fourth-order valence-electron chi connectivity index (χ4n) is 2.21. The van der Waals surface area contributed by atoms with Crippen LogP contribution in [0.15, 0.2) is 0 Å². The number of hydrogen-bond acceptors (Lipinski definition) is 2. The molecule has 0 aromatic heterocycles. The van der Waals surface area contributed by atoms with Crippen molar-refractivity contribution in [2.75, 3.05) is 0 Å². The Kier molecular flexibility index (Phi) is 1.12. The number of aliphatic hydroxyl groups excluding tert-OH is 1. The molecule has 2 fully saturated rings. The Morgan fingerprint density at radius 2 is 1.78 bits per heavy atom. The molecule has 0 atom stereocenters. The SMILES string of the molecule is OC1CC2(C1)CC(S)C2. The number of thiol groups is 1. The molecule has 0 aromatic rings. The summed E-state index contributed by atoms with van der Waals surface area (Å²) in [4.78, 5) is 0. The quantitative estimate of drug-likeness (QED) is 0.490. The molecule has 2 heteroatoms. The largest absolute Gasteiger partial charge is 0.393 e. The van der Waals surface area contributed by atoms with Crippen LogP contribution < -0.4 is 0 Å². The second kappa shape index (κ2) is 1.67. The number of aliphatic hydroxyl groups is 1. The zero-order valence-electron chi connectivity index (χ0n) is 5.38. The van der Waals surface area contributed by atoms with Gasteiger partial charge in [0, 0.05) is 5.25 Å². The first-order chi connectivity index (χ1) is 4.20. The van der Waals surface area contributed by atoms with Crippen molar-refractivity contribution in [3.05, 3.63) is 0 Å². The smallest absolute Gasteiger partial charge is 0.0550 e. The minimum absolute atomic E-state index is 0.0193. The number of hydrogen-bond donors (Lipinski definition) is 2. The van der Waals surface area contributed by atoms with Crippen LogP contribution in [0, 0.1) is 5.41 Å². The van der Waals surface area contributed by atoms with Crippen LogP contribution in [0.5, 0.6) is 0 Å². The fraction of sp³-hybridized carbons (Fsp3) is 1.00. The van der Waals surface area contributed by atoms with Gasteiger partial charge in [-0.05, 0) is 31.1 Å². The molecule has 2 aliphatic carbocycles. The average molecular weight is 144 g/mol. The first-order valence-corrected chi connectivity index (χ1v) is 4.08. The summed E-state index contributed by atoms with van der Waals surface area (Å²) in [5.41, 5.74) is 0.561. The lowest BCUT2D eigenvalue weighted by Crippen LogP contribution is -2.50. The third kappa shape index (κ3) is 0.802. The zero-order chi connectivity index (χ0) is 6.48. The summed E-state index contributed by atoms with van der Waals surface area (Å²) < 4.78 is 0. The maximum Gasteiger partial charge on any atom is 0.0550 e. The molecule has 0 radical (unpaired) electrons. The van der Waals surface area contributed by atoms with Crippen LogP contribution in [0.4, 0.5) is 0 Å². The summed E-state index contributed by atoms with van der Waals surface area (Å²) in [6, 6.07) is 0. The highest BCUT2D eigenvalue weighted by molar-refractivity contribution is 7.81.